The minimum Gasteiger partial charge on any atom is -0.399 e. The van der Waals surface area contributed by atoms with Gasteiger partial charge in [-0.05, 0) is 57.8 Å². The molecule has 0 atom stereocenters. The molecule has 2 heterocycles. The molecule has 0 bridgehead atoms. The van der Waals surface area contributed by atoms with Gasteiger partial charge in [0, 0.05) is 11.8 Å². The van der Waals surface area contributed by atoms with Crippen LogP contribution in [-0.4, -0.2) is 23.3 Å². The fourth-order valence-corrected chi connectivity index (χ4v) is 2.58. The van der Waals surface area contributed by atoms with Crippen molar-refractivity contribution in [3.8, 4) is 11.3 Å². The van der Waals surface area contributed by atoms with Gasteiger partial charge in [0.25, 0.3) is 0 Å². The van der Waals surface area contributed by atoms with E-state index in [1.165, 1.54) is 5.56 Å². The van der Waals surface area contributed by atoms with Crippen LogP contribution >= 0.6 is 0 Å². The highest BCUT2D eigenvalue weighted by atomic mass is 16.7. The van der Waals surface area contributed by atoms with Gasteiger partial charge in [-0.3, -0.25) is 4.98 Å². The zero-order valence-corrected chi connectivity index (χ0v) is 13.9. The van der Waals surface area contributed by atoms with Crippen molar-refractivity contribution in [2.45, 2.75) is 45.8 Å². The summed E-state index contributed by atoms with van der Waals surface area (Å²) in [5.74, 6) is 0. The van der Waals surface area contributed by atoms with Crippen molar-refractivity contribution in [3.05, 3.63) is 48.2 Å². The summed E-state index contributed by atoms with van der Waals surface area (Å²) in [5, 5.41) is 0. The first-order chi connectivity index (χ1) is 10.3. The monoisotopic (exact) mass is 295 g/mol. The first-order valence-corrected chi connectivity index (χ1v) is 7.68. The van der Waals surface area contributed by atoms with Crippen molar-refractivity contribution >= 4 is 12.6 Å². The normalized spacial score (nSPS) is 19.4. The van der Waals surface area contributed by atoms with E-state index in [0.29, 0.717) is 0 Å². The van der Waals surface area contributed by atoms with Gasteiger partial charge in [0.2, 0.25) is 0 Å². The third kappa shape index (κ3) is 2.57. The molecule has 0 spiro atoms. The molecule has 22 heavy (non-hydrogen) atoms. The van der Waals surface area contributed by atoms with E-state index in [2.05, 4.69) is 57.8 Å². The average Bonchev–Trinajstić information content (AvgIpc) is 2.68. The second-order valence-corrected chi connectivity index (χ2v) is 6.88. The van der Waals surface area contributed by atoms with Crippen molar-refractivity contribution in [2.75, 3.05) is 0 Å². The predicted octanol–water partition coefficient (Wildman–Crippen LogP) is 3.36. The second-order valence-electron chi connectivity index (χ2n) is 6.88. The van der Waals surface area contributed by atoms with E-state index in [9.17, 15) is 0 Å². The van der Waals surface area contributed by atoms with E-state index in [4.69, 9.17) is 9.31 Å². The van der Waals surface area contributed by atoms with Gasteiger partial charge >= 0.3 is 7.12 Å². The van der Waals surface area contributed by atoms with Crippen molar-refractivity contribution < 1.29 is 9.31 Å². The van der Waals surface area contributed by atoms with Gasteiger partial charge in [-0.25, -0.2) is 0 Å². The van der Waals surface area contributed by atoms with E-state index in [-0.39, 0.29) is 18.3 Å². The summed E-state index contributed by atoms with van der Waals surface area (Å²) in [7, 11) is -0.351. The fraction of sp³-hybridized carbons (Fsp3) is 0.389. The lowest BCUT2D eigenvalue weighted by molar-refractivity contribution is 0.00578. The molecule has 114 valence electrons. The van der Waals surface area contributed by atoms with E-state index >= 15 is 0 Å². The molecule has 1 fully saturated rings. The number of aromatic nitrogens is 1. The van der Waals surface area contributed by atoms with Crippen LogP contribution in [-0.2, 0) is 9.31 Å². The van der Waals surface area contributed by atoms with Crippen LogP contribution in [0.5, 0.6) is 0 Å². The van der Waals surface area contributed by atoms with Crippen molar-refractivity contribution in [2.24, 2.45) is 0 Å². The number of hydrogen-bond donors (Lipinski definition) is 0. The van der Waals surface area contributed by atoms with E-state index in [0.717, 1.165) is 16.7 Å². The predicted molar refractivity (Wildman–Crippen MR) is 90.1 cm³/mol. The van der Waals surface area contributed by atoms with Gasteiger partial charge in [-0.1, -0.05) is 24.3 Å². The number of nitrogens with zero attached hydrogens (tertiary/aromatic N) is 1. The Bertz CT molecular complexity index is 681. The highest BCUT2D eigenvalue weighted by Gasteiger charge is 2.51. The van der Waals surface area contributed by atoms with Gasteiger partial charge in [0.15, 0.2) is 0 Å². The number of benzene rings is 1. The smallest absolute Gasteiger partial charge is 0.399 e. The summed E-state index contributed by atoms with van der Waals surface area (Å²) in [5.41, 5.74) is 3.65. The lowest BCUT2D eigenvalue weighted by Crippen LogP contribution is -2.41. The highest BCUT2D eigenvalue weighted by molar-refractivity contribution is 6.62. The number of rotatable bonds is 2. The van der Waals surface area contributed by atoms with Gasteiger partial charge in [0.1, 0.15) is 0 Å². The van der Waals surface area contributed by atoms with Gasteiger partial charge in [0.05, 0.1) is 16.9 Å². The van der Waals surface area contributed by atoms with E-state index < -0.39 is 0 Å². The number of pyridine rings is 1. The van der Waals surface area contributed by atoms with Crippen LogP contribution in [0.3, 0.4) is 0 Å². The molecule has 1 aliphatic heterocycles. The maximum atomic E-state index is 6.12. The molecule has 1 aromatic heterocycles. The minimum absolute atomic E-state index is 0.330. The Hall–Kier alpha value is -1.65. The third-order valence-electron chi connectivity index (χ3n) is 4.73. The van der Waals surface area contributed by atoms with Crippen LogP contribution < -0.4 is 5.46 Å². The SMILES string of the molecule is Cc1ccccc1-c1cc(B2OC(C)(C)C(C)(C)O2)ccn1. The second kappa shape index (κ2) is 5.22. The summed E-state index contributed by atoms with van der Waals surface area (Å²) in [6, 6.07) is 12.3. The van der Waals surface area contributed by atoms with Crippen molar-refractivity contribution in [1.29, 1.82) is 0 Å². The Kier molecular flexibility index (Phi) is 3.62. The molecular weight excluding hydrogens is 273 g/mol. The average molecular weight is 295 g/mol. The van der Waals surface area contributed by atoms with Crippen LogP contribution in [0.2, 0.25) is 0 Å². The lowest BCUT2D eigenvalue weighted by Gasteiger charge is -2.32. The number of hydrogen-bond acceptors (Lipinski definition) is 3. The van der Waals surface area contributed by atoms with Crippen LogP contribution in [0.25, 0.3) is 11.3 Å². The molecule has 0 amide bonds. The zero-order chi connectivity index (χ0) is 16.0. The molecule has 4 heteroatoms. The van der Waals surface area contributed by atoms with Crippen LogP contribution in [0.15, 0.2) is 42.6 Å². The maximum absolute atomic E-state index is 6.12. The topological polar surface area (TPSA) is 31.4 Å². The third-order valence-corrected chi connectivity index (χ3v) is 4.73. The number of aryl methyl sites for hydroxylation is 1. The summed E-state index contributed by atoms with van der Waals surface area (Å²) < 4.78 is 12.2. The summed E-state index contributed by atoms with van der Waals surface area (Å²) in [4.78, 5) is 4.50. The molecule has 1 aromatic carbocycles. The Morgan fingerprint density at radius 2 is 1.59 bits per heavy atom. The first kappa shape index (κ1) is 15.3. The van der Waals surface area contributed by atoms with Gasteiger partial charge in [-0.15, -0.1) is 0 Å². The molecule has 1 aliphatic rings. The van der Waals surface area contributed by atoms with Crippen LogP contribution in [0.1, 0.15) is 33.3 Å². The molecule has 3 nitrogen and oxygen atoms in total. The molecule has 0 N–H and O–H groups in total. The first-order valence-electron chi connectivity index (χ1n) is 7.68. The van der Waals surface area contributed by atoms with E-state index in [1.807, 2.05) is 24.4 Å². The summed E-state index contributed by atoms with van der Waals surface area (Å²) in [6.45, 7) is 10.4. The molecule has 3 rings (SSSR count). The Morgan fingerprint density at radius 1 is 0.955 bits per heavy atom. The fourth-order valence-electron chi connectivity index (χ4n) is 2.58. The Morgan fingerprint density at radius 3 is 2.23 bits per heavy atom. The highest BCUT2D eigenvalue weighted by Crippen LogP contribution is 2.36. The molecule has 0 aliphatic carbocycles. The van der Waals surface area contributed by atoms with E-state index in [1.54, 1.807) is 0 Å². The Balaban J connectivity index is 1.95. The van der Waals surface area contributed by atoms with Crippen LogP contribution in [0.4, 0.5) is 0 Å². The van der Waals surface area contributed by atoms with Crippen LogP contribution in [0, 0.1) is 6.92 Å². The van der Waals surface area contributed by atoms with Crippen molar-refractivity contribution in [3.63, 3.8) is 0 Å². The molecule has 0 unspecified atom stereocenters. The van der Waals surface area contributed by atoms with Crippen molar-refractivity contribution in [1.82, 2.24) is 4.98 Å². The molecule has 0 radical (unpaired) electrons. The quantitative estimate of drug-likeness (QED) is 0.796. The summed E-state index contributed by atoms with van der Waals surface area (Å²) in [6.07, 6.45) is 1.82. The molecule has 1 saturated heterocycles. The van der Waals surface area contributed by atoms with Gasteiger partial charge in [-0.2, -0.15) is 0 Å². The minimum atomic E-state index is -0.351. The summed E-state index contributed by atoms with van der Waals surface area (Å²) >= 11 is 0. The maximum Gasteiger partial charge on any atom is 0.494 e. The van der Waals surface area contributed by atoms with Gasteiger partial charge < -0.3 is 9.31 Å². The largest absolute Gasteiger partial charge is 0.494 e. The zero-order valence-electron chi connectivity index (χ0n) is 13.9. The molecule has 2 aromatic rings. The standard InChI is InChI=1S/C18H22BNO2/c1-13-8-6-7-9-15(13)16-12-14(10-11-20-16)19-21-17(2,3)18(4,5)22-19/h6-12H,1-5H3. The molecular formula is C18H22BNO2. The Labute approximate surface area is 132 Å². The lowest BCUT2D eigenvalue weighted by atomic mass is 9.79. The molecule has 0 saturated carbocycles.